The molecular weight excluding hydrogens is 234 g/mol. The van der Waals surface area contributed by atoms with Crippen molar-refractivity contribution in [2.75, 3.05) is 0 Å². The summed E-state index contributed by atoms with van der Waals surface area (Å²) < 4.78 is 53.7. The maximum absolute atomic E-state index is 13.5. The molecule has 1 aromatic carbocycles. The second-order valence-corrected chi connectivity index (χ2v) is 4.35. The van der Waals surface area contributed by atoms with Crippen LogP contribution in [0.2, 0.25) is 0 Å². The standard InChI is InChI=1S/C12H15F4N/c1-6(2)3-4-7-9(13)11(15)8(5-17)12(16)10(7)14/h6H,3-5,17H2,1-2H3. The normalized spacial score (nSPS) is 11.3. The third-order valence-electron chi connectivity index (χ3n) is 2.62. The molecule has 1 rings (SSSR count). The molecule has 0 atom stereocenters. The highest BCUT2D eigenvalue weighted by Crippen LogP contribution is 2.25. The van der Waals surface area contributed by atoms with Gasteiger partial charge in [-0.05, 0) is 18.8 Å². The predicted molar refractivity (Wildman–Crippen MR) is 57.3 cm³/mol. The minimum absolute atomic E-state index is 0.0337. The zero-order valence-electron chi connectivity index (χ0n) is 9.79. The van der Waals surface area contributed by atoms with Crippen molar-refractivity contribution in [2.45, 2.75) is 33.2 Å². The first-order valence-corrected chi connectivity index (χ1v) is 5.43. The Hall–Kier alpha value is -1.10. The van der Waals surface area contributed by atoms with Crippen LogP contribution in [0, 0.1) is 29.2 Å². The van der Waals surface area contributed by atoms with Crippen LogP contribution in [-0.4, -0.2) is 0 Å². The van der Waals surface area contributed by atoms with E-state index in [4.69, 9.17) is 5.73 Å². The fourth-order valence-electron chi connectivity index (χ4n) is 1.55. The fraction of sp³-hybridized carbons (Fsp3) is 0.500. The van der Waals surface area contributed by atoms with E-state index in [2.05, 4.69) is 0 Å². The minimum Gasteiger partial charge on any atom is -0.326 e. The summed E-state index contributed by atoms with van der Waals surface area (Å²) in [5, 5.41) is 0. The molecule has 0 saturated heterocycles. The molecule has 17 heavy (non-hydrogen) atoms. The van der Waals surface area contributed by atoms with E-state index in [-0.39, 0.29) is 12.3 Å². The molecule has 0 fully saturated rings. The Bertz CT molecular complexity index is 386. The van der Waals surface area contributed by atoms with Gasteiger partial charge in [-0.25, -0.2) is 17.6 Å². The lowest BCUT2D eigenvalue weighted by Crippen LogP contribution is -2.12. The Morgan fingerprint density at radius 3 is 1.65 bits per heavy atom. The molecule has 0 aliphatic rings. The van der Waals surface area contributed by atoms with Crippen LogP contribution in [0.4, 0.5) is 17.6 Å². The van der Waals surface area contributed by atoms with E-state index in [1.165, 1.54) is 0 Å². The van der Waals surface area contributed by atoms with Gasteiger partial charge in [0, 0.05) is 17.7 Å². The summed E-state index contributed by atoms with van der Waals surface area (Å²) in [4.78, 5) is 0. The van der Waals surface area contributed by atoms with E-state index in [1.54, 1.807) is 0 Å². The Morgan fingerprint density at radius 2 is 1.29 bits per heavy atom. The Morgan fingerprint density at radius 1 is 0.882 bits per heavy atom. The SMILES string of the molecule is CC(C)CCc1c(F)c(F)c(CN)c(F)c1F. The first-order chi connectivity index (χ1) is 7.90. The lowest BCUT2D eigenvalue weighted by molar-refractivity contribution is 0.420. The monoisotopic (exact) mass is 249 g/mol. The molecule has 0 amide bonds. The average molecular weight is 249 g/mol. The molecule has 96 valence electrons. The number of hydrogen-bond donors (Lipinski definition) is 1. The van der Waals surface area contributed by atoms with Gasteiger partial charge in [0.1, 0.15) is 0 Å². The lowest BCUT2D eigenvalue weighted by atomic mass is 9.99. The van der Waals surface area contributed by atoms with Crippen molar-refractivity contribution in [1.29, 1.82) is 0 Å². The first-order valence-electron chi connectivity index (χ1n) is 5.43. The van der Waals surface area contributed by atoms with Crippen molar-refractivity contribution in [2.24, 2.45) is 11.7 Å². The fourth-order valence-corrected chi connectivity index (χ4v) is 1.55. The van der Waals surface area contributed by atoms with E-state index in [0.29, 0.717) is 6.42 Å². The molecule has 0 aromatic heterocycles. The van der Waals surface area contributed by atoms with Crippen LogP contribution in [0.3, 0.4) is 0 Å². The van der Waals surface area contributed by atoms with Crippen LogP contribution < -0.4 is 5.73 Å². The zero-order chi connectivity index (χ0) is 13.2. The number of hydrogen-bond acceptors (Lipinski definition) is 1. The summed E-state index contributed by atoms with van der Waals surface area (Å²) >= 11 is 0. The molecular formula is C12H15F4N. The summed E-state index contributed by atoms with van der Waals surface area (Å²) in [6.45, 7) is 3.14. The topological polar surface area (TPSA) is 26.0 Å². The van der Waals surface area contributed by atoms with Gasteiger partial charge in [0.15, 0.2) is 23.3 Å². The summed E-state index contributed by atoms with van der Waals surface area (Å²) in [6, 6.07) is 0. The first kappa shape index (κ1) is 14.0. The lowest BCUT2D eigenvalue weighted by Gasteiger charge is -2.11. The van der Waals surface area contributed by atoms with Gasteiger partial charge in [0.2, 0.25) is 0 Å². The van der Waals surface area contributed by atoms with Gasteiger partial charge in [0.05, 0.1) is 0 Å². The number of rotatable bonds is 4. The van der Waals surface area contributed by atoms with Gasteiger partial charge in [0.25, 0.3) is 0 Å². The molecule has 0 saturated carbocycles. The van der Waals surface area contributed by atoms with Crippen LogP contribution in [0.25, 0.3) is 0 Å². The summed E-state index contributed by atoms with van der Waals surface area (Å²) in [5.74, 6) is -5.24. The van der Waals surface area contributed by atoms with E-state index >= 15 is 0 Å². The van der Waals surface area contributed by atoms with E-state index < -0.39 is 40.9 Å². The van der Waals surface area contributed by atoms with Crippen LogP contribution in [0.5, 0.6) is 0 Å². The van der Waals surface area contributed by atoms with Crippen LogP contribution in [0.15, 0.2) is 0 Å². The van der Waals surface area contributed by atoms with E-state index in [9.17, 15) is 17.6 Å². The second-order valence-electron chi connectivity index (χ2n) is 4.35. The summed E-state index contributed by atoms with van der Waals surface area (Å²) in [5.41, 5.74) is 3.77. The molecule has 1 aromatic rings. The maximum atomic E-state index is 13.5. The number of halogens is 4. The van der Waals surface area contributed by atoms with Gasteiger partial charge in [-0.15, -0.1) is 0 Å². The molecule has 0 spiro atoms. The molecule has 0 heterocycles. The molecule has 0 bridgehead atoms. The van der Waals surface area contributed by atoms with E-state index in [1.807, 2.05) is 13.8 Å². The zero-order valence-corrected chi connectivity index (χ0v) is 9.79. The second kappa shape index (κ2) is 5.49. The third-order valence-corrected chi connectivity index (χ3v) is 2.62. The highest BCUT2D eigenvalue weighted by molar-refractivity contribution is 5.30. The van der Waals surface area contributed by atoms with Gasteiger partial charge >= 0.3 is 0 Å². The van der Waals surface area contributed by atoms with Crippen LogP contribution in [-0.2, 0) is 13.0 Å². The minimum atomic E-state index is -1.38. The van der Waals surface area contributed by atoms with Crippen LogP contribution >= 0.6 is 0 Å². The smallest absolute Gasteiger partial charge is 0.166 e. The number of nitrogens with two attached hydrogens (primary N) is 1. The van der Waals surface area contributed by atoms with Gasteiger partial charge < -0.3 is 5.73 Å². The summed E-state index contributed by atoms with van der Waals surface area (Å²) in [6.07, 6.45) is 0.419. The Labute approximate surface area is 97.6 Å². The van der Waals surface area contributed by atoms with E-state index in [0.717, 1.165) is 0 Å². The van der Waals surface area contributed by atoms with Crippen molar-refractivity contribution in [1.82, 2.24) is 0 Å². The van der Waals surface area contributed by atoms with Crippen molar-refractivity contribution in [3.8, 4) is 0 Å². The molecule has 0 unspecified atom stereocenters. The van der Waals surface area contributed by atoms with Crippen molar-refractivity contribution < 1.29 is 17.6 Å². The third kappa shape index (κ3) is 2.77. The predicted octanol–water partition coefficient (Wildman–Crippen LogP) is 3.29. The van der Waals surface area contributed by atoms with Gasteiger partial charge in [-0.1, -0.05) is 13.8 Å². The highest BCUT2D eigenvalue weighted by atomic mass is 19.2. The quantitative estimate of drug-likeness (QED) is 0.643. The Kier molecular flexibility index (Phi) is 4.51. The average Bonchev–Trinajstić information content (AvgIpc) is 2.27. The highest BCUT2D eigenvalue weighted by Gasteiger charge is 2.24. The van der Waals surface area contributed by atoms with Crippen LogP contribution in [0.1, 0.15) is 31.4 Å². The largest absolute Gasteiger partial charge is 0.326 e. The molecule has 0 aliphatic heterocycles. The van der Waals surface area contributed by atoms with Crippen molar-refractivity contribution in [3.63, 3.8) is 0 Å². The van der Waals surface area contributed by atoms with Crippen molar-refractivity contribution in [3.05, 3.63) is 34.4 Å². The summed E-state index contributed by atoms with van der Waals surface area (Å²) in [7, 11) is 0. The van der Waals surface area contributed by atoms with Crippen molar-refractivity contribution >= 4 is 0 Å². The van der Waals surface area contributed by atoms with Gasteiger partial charge in [-0.3, -0.25) is 0 Å². The maximum Gasteiger partial charge on any atom is 0.166 e. The molecule has 0 aliphatic carbocycles. The Balaban J connectivity index is 3.23. The molecule has 1 nitrogen and oxygen atoms in total. The number of benzene rings is 1. The molecule has 5 heteroatoms. The molecule has 2 N–H and O–H groups in total. The molecule has 0 radical (unpaired) electrons. The van der Waals surface area contributed by atoms with Gasteiger partial charge in [-0.2, -0.15) is 0 Å².